The fourth-order valence-corrected chi connectivity index (χ4v) is 15.7. The second kappa shape index (κ2) is 40.9. The number of fused-ring (bicyclic) bond motifs is 4. The van der Waals surface area contributed by atoms with Crippen LogP contribution in [-0.4, -0.2) is 224 Å². The monoisotopic (exact) mass is 1480 g/mol. The number of aliphatic hydroxyl groups is 3. The molecule has 3 unspecified atom stereocenters. The summed E-state index contributed by atoms with van der Waals surface area (Å²) in [6.45, 7) is 13.8. The summed E-state index contributed by atoms with van der Waals surface area (Å²) in [5.41, 5.74) is 6.66. The van der Waals surface area contributed by atoms with Gasteiger partial charge in [-0.2, -0.15) is 23.5 Å². The zero-order valence-electron chi connectivity index (χ0n) is 60.6. The van der Waals surface area contributed by atoms with Crippen LogP contribution in [0.25, 0.3) is 0 Å². The molecule has 4 fully saturated rings. The number of carboxylic acids is 1. The standard InChI is InChI=1S/C70H112N14O17S2/c1-9-14-46-62(94)77-48(24-25-54(89)90)61(93)74-37(3)60(92)75-47(15-10-2)63(95)82-55(38(4)85)67(99)80-51(58(71)91)36-103-35-42-17-11-16-41(30-42)34-102-29-26-53(88)81-57(70(6,7)8)68(100)79-50(31-40-20-22-44(87)23-21-40)69(101)84-28-13-19-52(84)65(97)83-56(39(5)86)66(98)78-49(64(96)76-46)32-43-33-73-59-45(43)18-12-27-72-59/h11,16-17,30,37-40,43-52,55-57,59,72-73,85-87H,9-10,12-15,18-29,31-36H2,1-8H3,(H2,71,91)(H,74,93)(H,75,92)(H,76,96)(H,77,94)(H,78,98)(H,79,100)(H,80,99)(H,81,88)(H,82,95)(H,83,97)(H,89,90)/t37-,38+,39+,40?,43?,44?,45?,46-,47-,48-,49-,50-,51-,52-,55-,56-,57+,59?/m0/s1. The number of carbonyl (C=O) groups excluding carboxylic acids is 12. The van der Waals surface area contributed by atoms with E-state index in [1.54, 1.807) is 34.6 Å². The lowest BCUT2D eigenvalue weighted by Gasteiger charge is -2.35. The second-order valence-electron chi connectivity index (χ2n) is 29.2. The molecule has 4 heterocycles. The molecular weight excluding hydrogens is 1370 g/mol. The molecule has 3 saturated heterocycles. The molecule has 0 aromatic heterocycles. The minimum Gasteiger partial charge on any atom is -0.481 e. The summed E-state index contributed by atoms with van der Waals surface area (Å²) in [6.07, 6.45) is 0.0405. The van der Waals surface area contributed by atoms with Gasteiger partial charge >= 0.3 is 5.97 Å². The Kier molecular flexibility index (Phi) is 33.7. The van der Waals surface area contributed by atoms with Crippen molar-refractivity contribution in [3.05, 3.63) is 35.4 Å². The Balaban J connectivity index is 1.31. The maximum atomic E-state index is 15.1. The van der Waals surface area contributed by atoms with Crippen LogP contribution in [0.15, 0.2) is 24.3 Å². The number of nitrogens with one attached hydrogen (secondary N) is 12. The summed E-state index contributed by atoms with van der Waals surface area (Å²) < 4.78 is 0. The molecule has 1 aliphatic carbocycles. The van der Waals surface area contributed by atoms with Gasteiger partial charge in [-0.25, -0.2) is 0 Å². The van der Waals surface area contributed by atoms with Gasteiger partial charge in [0, 0.05) is 42.4 Å². The van der Waals surface area contributed by atoms with Crippen molar-refractivity contribution < 1.29 is 82.8 Å². The quantitative estimate of drug-likeness (QED) is 0.107. The zero-order valence-corrected chi connectivity index (χ0v) is 62.2. The SMILES string of the molecule is CCC[C@@H]1NC(=O)[C@H](C)NC(=O)[C@H](CCC(=O)O)NC(=O)[C@H](CCC)NC(=O)[C@H](CC2CNC3NCCCC23)NC(=O)[C@H]([C@@H](C)O)NC(=O)[C@@H]2CCCN2C(=O)[C@H](CC2CCC(O)CC2)NC(=O)[C@H](C(C)(C)C)NC(=O)CCSCc2cccc(c2)CSC[C@@H](C(N)=O)NC(=O)[C@H]([C@@H](C)O)NC1=O. The first-order chi connectivity index (χ1) is 48.8. The van der Waals surface area contributed by atoms with Crippen molar-refractivity contribution in [3.8, 4) is 0 Å². The number of piperidine rings is 1. The van der Waals surface area contributed by atoms with Crippen LogP contribution in [0.2, 0.25) is 0 Å². The van der Waals surface area contributed by atoms with Crippen LogP contribution >= 0.6 is 23.5 Å². The highest BCUT2D eigenvalue weighted by atomic mass is 32.2. The molecule has 31 nitrogen and oxygen atoms in total. The molecule has 2 bridgehead atoms. The number of hydrogen-bond acceptors (Lipinski definition) is 20. The molecule has 6 rings (SSSR count). The molecule has 1 aromatic rings. The van der Waals surface area contributed by atoms with E-state index in [2.05, 4.69) is 63.8 Å². The third-order valence-electron chi connectivity index (χ3n) is 19.7. The number of amides is 12. The zero-order chi connectivity index (χ0) is 75.8. The Labute approximate surface area is 611 Å². The molecule has 12 amide bonds. The number of aliphatic hydroxyl groups excluding tert-OH is 3. The Morgan fingerprint density at radius 1 is 0.621 bits per heavy atom. The number of rotatable bonds is 14. The molecule has 0 radical (unpaired) electrons. The molecule has 16 atom stereocenters. The predicted molar refractivity (Wildman–Crippen MR) is 385 cm³/mol. The predicted octanol–water partition coefficient (Wildman–Crippen LogP) is -0.950. The van der Waals surface area contributed by atoms with Crippen molar-refractivity contribution in [1.82, 2.24) is 68.7 Å². The van der Waals surface area contributed by atoms with E-state index in [0.29, 0.717) is 62.3 Å². The first-order valence-corrected chi connectivity index (χ1v) is 38.7. The van der Waals surface area contributed by atoms with Gasteiger partial charge < -0.3 is 94.9 Å². The lowest BCUT2D eigenvalue weighted by Crippen LogP contribution is -2.62. The van der Waals surface area contributed by atoms with E-state index in [0.717, 1.165) is 30.5 Å². The van der Waals surface area contributed by atoms with Crippen LogP contribution in [0.5, 0.6) is 0 Å². The molecule has 1 saturated carbocycles. The highest BCUT2D eigenvalue weighted by Crippen LogP contribution is 2.33. The van der Waals surface area contributed by atoms with Crippen LogP contribution in [-0.2, 0) is 73.8 Å². The highest BCUT2D eigenvalue weighted by molar-refractivity contribution is 7.98. The third kappa shape index (κ3) is 26.1. The molecule has 0 spiro atoms. The lowest BCUT2D eigenvalue weighted by atomic mass is 9.82. The van der Waals surface area contributed by atoms with E-state index in [1.165, 1.54) is 49.2 Å². The van der Waals surface area contributed by atoms with Crippen molar-refractivity contribution >= 4 is 100 Å². The summed E-state index contributed by atoms with van der Waals surface area (Å²) in [6, 6.07) is -7.80. The largest absolute Gasteiger partial charge is 0.481 e. The Morgan fingerprint density at radius 3 is 1.78 bits per heavy atom. The van der Waals surface area contributed by atoms with Crippen LogP contribution in [0, 0.1) is 23.2 Å². The topological polar surface area (TPSA) is 476 Å². The maximum absolute atomic E-state index is 15.1. The fraction of sp³-hybridized carbons (Fsp3) is 0.729. The molecule has 33 heteroatoms. The van der Waals surface area contributed by atoms with Crippen molar-refractivity contribution in [1.29, 1.82) is 0 Å². The summed E-state index contributed by atoms with van der Waals surface area (Å²) in [5, 5.41) is 75.7. The average Bonchev–Trinajstić information content (AvgIpc) is 1.51. The maximum Gasteiger partial charge on any atom is 0.303 e. The number of primary amides is 1. The molecule has 103 heavy (non-hydrogen) atoms. The van der Waals surface area contributed by atoms with Crippen molar-refractivity contribution in [2.24, 2.45) is 28.9 Å². The van der Waals surface area contributed by atoms with Gasteiger partial charge in [0.25, 0.3) is 0 Å². The second-order valence-corrected chi connectivity index (χ2v) is 31.3. The van der Waals surface area contributed by atoms with Crippen LogP contribution < -0.4 is 69.5 Å². The van der Waals surface area contributed by atoms with Gasteiger partial charge in [0.05, 0.1) is 24.5 Å². The summed E-state index contributed by atoms with van der Waals surface area (Å²) in [4.78, 5) is 184. The highest BCUT2D eigenvalue weighted by Gasteiger charge is 2.45. The van der Waals surface area contributed by atoms with Gasteiger partial charge in [-0.3, -0.25) is 62.3 Å². The number of carboxylic acid groups (broad SMARTS) is 1. The van der Waals surface area contributed by atoms with Crippen molar-refractivity contribution in [2.75, 3.05) is 31.1 Å². The fourth-order valence-electron chi connectivity index (χ4n) is 13.8. The van der Waals surface area contributed by atoms with E-state index in [-0.39, 0.29) is 81.2 Å². The van der Waals surface area contributed by atoms with E-state index >= 15 is 4.79 Å². The Bertz CT molecular complexity index is 3120. The van der Waals surface area contributed by atoms with Crippen LogP contribution in [0.3, 0.4) is 0 Å². The van der Waals surface area contributed by atoms with Crippen molar-refractivity contribution in [3.63, 3.8) is 0 Å². The van der Waals surface area contributed by atoms with Crippen LogP contribution in [0.1, 0.15) is 176 Å². The Hall–Kier alpha value is -7.17. The number of thioether (sulfide) groups is 2. The normalized spacial score (nSPS) is 31.3. The van der Waals surface area contributed by atoms with E-state index in [9.17, 15) is 78.0 Å². The molecule has 1 aromatic carbocycles. The first-order valence-electron chi connectivity index (χ1n) is 36.4. The summed E-state index contributed by atoms with van der Waals surface area (Å²) >= 11 is 2.75. The third-order valence-corrected chi connectivity index (χ3v) is 21.8. The number of nitrogens with zero attached hydrogens (tertiary/aromatic N) is 1. The van der Waals surface area contributed by atoms with Gasteiger partial charge in [0.1, 0.15) is 66.5 Å². The molecule has 18 N–H and O–H groups in total. The van der Waals surface area contributed by atoms with Gasteiger partial charge in [0.15, 0.2) is 0 Å². The van der Waals surface area contributed by atoms with Crippen LogP contribution in [0.4, 0.5) is 0 Å². The Morgan fingerprint density at radius 2 is 1.17 bits per heavy atom. The number of aliphatic carboxylic acids is 1. The number of carbonyl (C=O) groups is 13. The number of nitrogens with two attached hydrogens (primary N) is 1. The molecule has 5 aliphatic rings. The lowest BCUT2D eigenvalue weighted by molar-refractivity contribution is -0.144. The van der Waals surface area contributed by atoms with Crippen molar-refractivity contribution in [2.45, 2.75) is 267 Å². The minimum absolute atomic E-state index is 0.00106. The smallest absolute Gasteiger partial charge is 0.303 e. The van der Waals surface area contributed by atoms with Gasteiger partial charge in [0.2, 0.25) is 70.9 Å². The van der Waals surface area contributed by atoms with E-state index < -0.39 is 180 Å². The number of benzene rings is 1. The van der Waals surface area contributed by atoms with Gasteiger partial charge in [-0.15, -0.1) is 0 Å². The van der Waals surface area contributed by atoms with Gasteiger partial charge in [-0.05, 0) is 152 Å². The molecular formula is C70H112N14O17S2. The first kappa shape index (κ1) is 84.8. The average molecular weight is 1490 g/mol. The summed E-state index contributed by atoms with van der Waals surface area (Å²) in [5.74, 6) is -10.3. The number of hydrogen-bond donors (Lipinski definition) is 17. The molecule has 576 valence electrons. The van der Waals surface area contributed by atoms with Gasteiger partial charge in [-0.1, -0.05) is 71.7 Å². The van der Waals surface area contributed by atoms with E-state index in [1.807, 2.05) is 24.3 Å². The minimum atomic E-state index is -1.71. The summed E-state index contributed by atoms with van der Waals surface area (Å²) in [7, 11) is 0. The molecule has 4 aliphatic heterocycles. The van der Waals surface area contributed by atoms with E-state index in [4.69, 9.17) is 5.73 Å².